The molecule has 0 aromatic carbocycles. The van der Waals surface area contributed by atoms with Crippen molar-refractivity contribution in [3.63, 3.8) is 0 Å². The van der Waals surface area contributed by atoms with Crippen LogP contribution in [0, 0.1) is 0 Å². The van der Waals surface area contributed by atoms with Crippen LogP contribution >= 0.6 is 11.6 Å². The van der Waals surface area contributed by atoms with Crippen molar-refractivity contribution in [1.29, 1.82) is 0 Å². The monoisotopic (exact) mass is 242 g/mol. The van der Waals surface area contributed by atoms with Crippen LogP contribution in [-0.4, -0.2) is 41.9 Å². The molecule has 1 heterocycles. The minimum absolute atomic E-state index is 0.0286. The van der Waals surface area contributed by atoms with Crippen molar-refractivity contribution in [3.8, 4) is 5.88 Å². The Morgan fingerprint density at radius 3 is 2.94 bits per heavy atom. The molecule has 5 heteroatoms. The zero-order chi connectivity index (χ0) is 12.1. The molecule has 1 unspecified atom stereocenters. The minimum Gasteiger partial charge on any atom is -0.480 e. The molecular weight excluding hydrogens is 228 g/mol. The van der Waals surface area contributed by atoms with E-state index in [1.165, 1.54) is 7.11 Å². The van der Waals surface area contributed by atoms with Gasteiger partial charge < -0.3 is 9.64 Å². The Kier molecular flexibility index (Phi) is 4.55. The van der Waals surface area contributed by atoms with E-state index in [1.54, 1.807) is 30.3 Å². The first kappa shape index (κ1) is 12.8. The first-order valence-electron chi connectivity index (χ1n) is 4.94. The van der Waals surface area contributed by atoms with Gasteiger partial charge >= 0.3 is 0 Å². The van der Waals surface area contributed by atoms with E-state index in [-0.39, 0.29) is 11.9 Å². The molecule has 16 heavy (non-hydrogen) atoms. The van der Waals surface area contributed by atoms with E-state index in [1.807, 2.05) is 6.92 Å². The van der Waals surface area contributed by atoms with Crippen molar-refractivity contribution in [3.05, 3.63) is 23.9 Å². The number of nitrogens with zero attached hydrogens (tertiary/aromatic N) is 2. The minimum atomic E-state index is -0.141. The van der Waals surface area contributed by atoms with E-state index < -0.39 is 0 Å². The van der Waals surface area contributed by atoms with E-state index in [0.29, 0.717) is 17.3 Å². The smallest absolute Gasteiger partial charge is 0.259 e. The predicted molar refractivity (Wildman–Crippen MR) is 63.1 cm³/mol. The SMILES string of the molecule is COc1ncccc1C(=O)N(C)C(C)CCl. The number of ether oxygens (including phenoxy) is 1. The summed E-state index contributed by atoms with van der Waals surface area (Å²) >= 11 is 5.71. The van der Waals surface area contributed by atoms with Crippen molar-refractivity contribution in [2.24, 2.45) is 0 Å². The average Bonchev–Trinajstić information content (AvgIpc) is 2.35. The molecule has 0 N–H and O–H groups in total. The van der Waals surface area contributed by atoms with Gasteiger partial charge in [-0.2, -0.15) is 0 Å². The summed E-state index contributed by atoms with van der Waals surface area (Å²) in [5.41, 5.74) is 0.449. The number of methoxy groups -OCH3 is 1. The molecule has 0 aliphatic rings. The third kappa shape index (κ3) is 2.64. The summed E-state index contributed by atoms with van der Waals surface area (Å²) in [6, 6.07) is 3.36. The number of hydrogen-bond acceptors (Lipinski definition) is 3. The molecule has 4 nitrogen and oxygen atoms in total. The highest BCUT2D eigenvalue weighted by molar-refractivity contribution is 6.18. The fraction of sp³-hybridized carbons (Fsp3) is 0.455. The van der Waals surface area contributed by atoms with Gasteiger partial charge in [-0.3, -0.25) is 4.79 Å². The highest BCUT2D eigenvalue weighted by Crippen LogP contribution is 2.16. The van der Waals surface area contributed by atoms with Crippen LogP contribution in [0.25, 0.3) is 0 Å². The van der Waals surface area contributed by atoms with Crippen LogP contribution in [0.2, 0.25) is 0 Å². The molecule has 1 amide bonds. The van der Waals surface area contributed by atoms with Crippen LogP contribution in [0.4, 0.5) is 0 Å². The third-order valence-electron chi connectivity index (χ3n) is 2.40. The molecule has 0 fully saturated rings. The van der Waals surface area contributed by atoms with Gasteiger partial charge in [0.25, 0.3) is 5.91 Å². The number of aromatic nitrogens is 1. The molecule has 0 bridgehead atoms. The number of carbonyl (C=O) groups is 1. The number of pyridine rings is 1. The van der Waals surface area contributed by atoms with E-state index in [2.05, 4.69) is 4.98 Å². The molecule has 1 atom stereocenters. The van der Waals surface area contributed by atoms with E-state index in [0.717, 1.165) is 0 Å². The van der Waals surface area contributed by atoms with Gasteiger partial charge in [-0.1, -0.05) is 0 Å². The maximum atomic E-state index is 12.1. The Labute approximate surface area is 100 Å². The fourth-order valence-corrected chi connectivity index (χ4v) is 1.42. The maximum absolute atomic E-state index is 12.1. The molecule has 1 aromatic rings. The molecule has 0 spiro atoms. The Balaban J connectivity index is 2.95. The lowest BCUT2D eigenvalue weighted by Crippen LogP contribution is -2.36. The molecule has 1 aromatic heterocycles. The summed E-state index contributed by atoms with van der Waals surface area (Å²) in [5, 5.41) is 0. The number of halogens is 1. The van der Waals surface area contributed by atoms with E-state index in [9.17, 15) is 4.79 Å². The second-order valence-electron chi connectivity index (χ2n) is 3.48. The van der Waals surface area contributed by atoms with Gasteiger partial charge in [0.1, 0.15) is 5.56 Å². The number of rotatable bonds is 4. The van der Waals surface area contributed by atoms with Crippen LogP contribution in [0.1, 0.15) is 17.3 Å². The molecule has 0 aliphatic carbocycles. The largest absolute Gasteiger partial charge is 0.480 e. The van der Waals surface area contributed by atoms with Crippen molar-refractivity contribution in [2.75, 3.05) is 20.0 Å². The van der Waals surface area contributed by atoms with Crippen LogP contribution in [0.3, 0.4) is 0 Å². The summed E-state index contributed by atoms with van der Waals surface area (Å²) in [7, 11) is 3.20. The summed E-state index contributed by atoms with van der Waals surface area (Å²) in [6.07, 6.45) is 1.58. The number of carbonyl (C=O) groups excluding carboxylic acids is 1. The molecule has 0 aliphatic heterocycles. The first-order valence-corrected chi connectivity index (χ1v) is 5.47. The lowest BCUT2D eigenvalue weighted by molar-refractivity contribution is 0.0752. The molecule has 0 saturated carbocycles. The second-order valence-corrected chi connectivity index (χ2v) is 3.79. The highest BCUT2D eigenvalue weighted by Gasteiger charge is 2.20. The lowest BCUT2D eigenvalue weighted by Gasteiger charge is -2.23. The zero-order valence-electron chi connectivity index (χ0n) is 9.61. The van der Waals surface area contributed by atoms with Gasteiger partial charge in [0.05, 0.1) is 7.11 Å². The predicted octanol–water partition coefficient (Wildman–Crippen LogP) is 1.79. The topological polar surface area (TPSA) is 42.4 Å². The Bertz CT molecular complexity index is 371. The lowest BCUT2D eigenvalue weighted by atomic mass is 10.2. The zero-order valence-corrected chi connectivity index (χ0v) is 10.4. The highest BCUT2D eigenvalue weighted by atomic mass is 35.5. The van der Waals surface area contributed by atoms with Crippen LogP contribution < -0.4 is 4.74 Å². The molecule has 88 valence electrons. The average molecular weight is 243 g/mol. The van der Waals surface area contributed by atoms with Gasteiger partial charge in [-0.15, -0.1) is 11.6 Å². The summed E-state index contributed by atoms with van der Waals surface area (Å²) < 4.78 is 5.04. The van der Waals surface area contributed by atoms with Crippen molar-refractivity contribution in [1.82, 2.24) is 9.88 Å². The van der Waals surface area contributed by atoms with Crippen LogP contribution in [0.5, 0.6) is 5.88 Å². The first-order chi connectivity index (χ1) is 7.61. The van der Waals surface area contributed by atoms with Gasteiger partial charge in [0.15, 0.2) is 0 Å². The maximum Gasteiger partial charge on any atom is 0.259 e. The number of amides is 1. The third-order valence-corrected chi connectivity index (χ3v) is 2.85. The van der Waals surface area contributed by atoms with Crippen molar-refractivity contribution >= 4 is 17.5 Å². The Hall–Kier alpha value is -1.29. The van der Waals surface area contributed by atoms with Crippen LogP contribution in [-0.2, 0) is 0 Å². The van der Waals surface area contributed by atoms with E-state index in [4.69, 9.17) is 16.3 Å². The normalized spacial score (nSPS) is 12.0. The summed E-state index contributed by atoms with van der Waals surface area (Å²) in [6.45, 7) is 1.88. The van der Waals surface area contributed by atoms with Crippen molar-refractivity contribution < 1.29 is 9.53 Å². The fourth-order valence-electron chi connectivity index (χ4n) is 1.21. The van der Waals surface area contributed by atoms with Crippen molar-refractivity contribution in [2.45, 2.75) is 13.0 Å². The van der Waals surface area contributed by atoms with Gasteiger partial charge in [0, 0.05) is 25.2 Å². The molecule has 0 radical (unpaired) electrons. The second kappa shape index (κ2) is 5.70. The Morgan fingerprint density at radius 2 is 2.38 bits per heavy atom. The number of alkyl halides is 1. The quantitative estimate of drug-likeness (QED) is 0.756. The molecular formula is C11H15ClN2O2. The molecule has 0 saturated heterocycles. The summed E-state index contributed by atoms with van der Waals surface area (Å²) in [4.78, 5) is 17.6. The van der Waals surface area contributed by atoms with Gasteiger partial charge in [0.2, 0.25) is 5.88 Å². The van der Waals surface area contributed by atoms with Gasteiger partial charge in [-0.05, 0) is 19.1 Å². The Morgan fingerprint density at radius 1 is 1.69 bits per heavy atom. The molecule has 1 rings (SSSR count). The number of hydrogen-bond donors (Lipinski definition) is 0. The summed E-state index contributed by atoms with van der Waals surface area (Å²) in [5.74, 6) is 0.587. The van der Waals surface area contributed by atoms with Crippen LogP contribution in [0.15, 0.2) is 18.3 Å². The standard InChI is InChI=1S/C11H15ClN2O2/c1-8(7-12)14(2)11(15)9-5-4-6-13-10(9)16-3/h4-6,8H,7H2,1-3H3. The van der Waals surface area contributed by atoms with E-state index >= 15 is 0 Å². The van der Waals surface area contributed by atoms with Gasteiger partial charge in [-0.25, -0.2) is 4.98 Å².